The third-order valence-corrected chi connectivity index (χ3v) is 2.82. The summed E-state index contributed by atoms with van der Waals surface area (Å²) in [5.41, 5.74) is 5.69. The minimum absolute atomic E-state index is 0.00845. The lowest BCUT2D eigenvalue weighted by atomic mass is 10.0. The molecule has 98 valence electrons. The van der Waals surface area contributed by atoms with Gasteiger partial charge in [-0.15, -0.1) is 0 Å². The van der Waals surface area contributed by atoms with E-state index in [2.05, 4.69) is 0 Å². The first-order valence-electron chi connectivity index (χ1n) is 5.55. The Balaban J connectivity index is 2.71. The number of rotatable bonds is 4. The molecule has 2 N–H and O–H groups in total. The van der Waals surface area contributed by atoms with Crippen LogP contribution in [0.3, 0.4) is 0 Å². The summed E-state index contributed by atoms with van der Waals surface area (Å²) in [6, 6.07) is 8.02. The van der Waals surface area contributed by atoms with Crippen LogP contribution in [0.5, 0.6) is 5.75 Å². The Hall–Kier alpha value is -2.63. The zero-order valence-electron chi connectivity index (χ0n) is 10.3. The average Bonchev–Trinajstić information content (AvgIpc) is 2.36. The van der Waals surface area contributed by atoms with E-state index in [-0.39, 0.29) is 12.1 Å². The number of carbonyl (C=O) groups excluding carboxylic acids is 1. The minimum Gasteiger partial charge on any atom is -0.496 e. The molecule has 2 aromatic rings. The van der Waals surface area contributed by atoms with Crippen molar-refractivity contribution < 1.29 is 14.5 Å². The molecule has 19 heavy (non-hydrogen) atoms. The molecular formula is C13H12N2O4. The second-order valence-electron chi connectivity index (χ2n) is 4.06. The van der Waals surface area contributed by atoms with Crippen molar-refractivity contribution in [3.63, 3.8) is 0 Å². The van der Waals surface area contributed by atoms with Crippen LogP contribution in [0.2, 0.25) is 0 Å². The third kappa shape index (κ3) is 2.47. The van der Waals surface area contributed by atoms with Crippen LogP contribution >= 0.6 is 0 Å². The van der Waals surface area contributed by atoms with Crippen molar-refractivity contribution in [1.82, 2.24) is 0 Å². The molecule has 0 atom stereocenters. The molecule has 0 saturated heterocycles. The van der Waals surface area contributed by atoms with Gasteiger partial charge in [0.2, 0.25) is 5.91 Å². The predicted octanol–water partition coefficient (Wildman–Crippen LogP) is 1.78. The lowest BCUT2D eigenvalue weighted by Crippen LogP contribution is -2.14. The standard InChI is InChI=1S/C13H12N2O4/c1-19-12-6-8-3-2-4-11(15(17)18)10(8)5-9(12)7-13(14)16/h2-6H,7H2,1H3,(H2,14,16). The quantitative estimate of drug-likeness (QED) is 0.669. The topological polar surface area (TPSA) is 95.5 Å². The van der Waals surface area contributed by atoms with Gasteiger partial charge in [-0.3, -0.25) is 14.9 Å². The summed E-state index contributed by atoms with van der Waals surface area (Å²) in [6.45, 7) is 0. The summed E-state index contributed by atoms with van der Waals surface area (Å²) in [5, 5.41) is 12.1. The summed E-state index contributed by atoms with van der Waals surface area (Å²) in [5.74, 6) is -0.0250. The van der Waals surface area contributed by atoms with Gasteiger partial charge in [-0.2, -0.15) is 0 Å². The van der Waals surface area contributed by atoms with Crippen LogP contribution in [-0.4, -0.2) is 17.9 Å². The van der Waals surface area contributed by atoms with Gasteiger partial charge < -0.3 is 10.5 Å². The van der Waals surface area contributed by atoms with Crippen molar-refractivity contribution in [2.75, 3.05) is 7.11 Å². The summed E-state index contributed by atoms with van der Waals surface area (Å²) in [7, 11) is 1.48. The first kappa shape index (κ1) is 12.8. The molecule has 0 fully saturated rings. The molecule has 0 radical (unpaired) electrons. The number of nitrogens with two attached hydrogens (primary N) is 1. The Bertz CT molecular complexity index is 667. The van der Waals surface area contributed by atoms with E-state index < -0.39 is 10.8 Å². The van der Waals surface area contributed by atoms with E-state index in [1.54, 1.807) is 24.3 Å². The molecule has 0 spiro atoms. The molecule has 1 amide bonds. The van der Waals surface area contributed by atoms with Crippen molar-refractivity contribution in [3.05, 3.63) is 46.0 Å². The highest BCUT2D eigenvalue weighted by Gasteiger charge is 2.15. The number of hydrogen-bond donors (Lipinski definition) is 1. The first-order valence-corrected chi connectivity index (χ1v) is 5.55. The molecule has 2 rings (SSSR count). The number of carbonyl (C=O) groups is 1. The molecule has 0 unspecified atom stereocenters. The smallest absolute Gasteiger partial charge is 0.277 e. The number of nitrogens with zero attached hydrogens (tertiary/aromatic N) is 1. The zero-order valence-corrected chi connectivity index (χ0v) is 10.3. The number of amides is 1. The van der Waals surface area contributed by atoms with E-state index in [9.17, 15) is 14.9 Å². The Kier molecular flexibility index (Phi) is 3.33. The van der Waals surface area contributed by atoms with Gasteiger partial charge in [-0.05, 0) is 17.5 Å². The van der Waals surface area contributed by atoms with Crippen LogP contribution < -0.4 is 10.5 Å². The molecule has 0 heterocycles. The minimum atomic E-state index is -0.517. The molecule has 0 aromatic heterocycles. The maximum absolute atomic E-state index is 11.0. The largest absolute Gasteiger partial charge is 0.496 e. The maximum Gasteiger partial charge on any atom is 0.277 e. The molecule has 2 aromatic carbocycles. The SMILES string of the molecule is COc1cc2cccc([N+](=O)[O-])c2cc1CC(N)=O. The number of fused-ring (bicyclic) bond motifs is 1. The second kappa shape index (κ2) is 4.93. The molecule has 6 nitrogen and oxygen atoms in total. The highest BCUT2D eigenvalue weighted by atomic mass is 16.6. The Morgan fingerprint density at radius 1 is 1.42 bits per heavy atom. The number of nitro benzene ring substituents is 1. The van der Waals surface area contributed by atoms with Gasteiger partial charge in [0, 0.05) is 11.6 Å². The zero-order chi connectivity index (χ0) is 14.0. The average molecular weight is 260 g/mol. The van der Waals surface area contributed by atoms with Gasteiger partial charge in [0.15, 0.2) is 0 Å². The molecule has 0 bridgehead atoms. The second-order valence-corrected chi connectivity index (χ2v) is 4.06. The molecule has 0 saturated carbocycles. The van der Waals surface area contributed by atoms with E-state index in [4.69, 9.17) is 10.5 Å². The summed E-state index contributed by atoms with van der Waals surface area (Å²) < 4.78 is 5.18. The van der Waals surface area contributed by atoms with Gasteiger partial charge in [-0.25, -0.2) is 0 Å². The predicted molar refractivity (Wildman–Crippen MR) is 70.1 cm³/mol. The van der Waals surface area contributed by atoms with Gasteiger partial charge in [0.25, 0.3) is 5.69 Å². The fraction of sp³-hybridized carbons (Fsp3) is 0.154. The van der Waals surface area contributed by atoms with Crippen LogP contribution in [0.4, 0.5) is 5.69 Å². The van der Waals surface area contributed by atoms with Gasteiger partial charge >= 0.3 is 0 Å². The Morgan fingerprint density at radius 3 is 2.74 bits per heavy atom. The van der Waals surface area contributed by atoms with Crippen molar-refractivity contribution in [2.24, 2.45) is 5.73 Å². The molecule has 0 aliphatic rings. The first-order chi connectivity index (χ1) is 9.02. The lowest BCUT2D eigenvalue weighted by Gasteiger charge is -2.09. The monoisotopic (exact) mass is 260 g/mol. The Labute approximate surface area is 108 Å². The van der Waals surface area contributed by atoms with Crippen molar-refractivity contribution in [1.29, 1.82) is 0 Å². The fourth-order valence-electron chi connectivity index (χ4n) is 2.01. The number of hydrogen-bond acceptors (Lipinski definition) is 4. The normalized spacial score (nSPS) is 10.4. The number of non-ortho nitro benzene ring substituents is 1. The van der Waals surface area contributed by atoms with Crippen LogP contribution in [0, 0.1) is 10.1 Å². The summed E-state index contributed by atoms with van der Waals surface area (Å²) in [6.07, 6.45) is -0.0227. The van der Waals surface area contributed by atoms with Crippen LogP contribution in [0.1, 0.15) is 5.56 Å². The van der Waals surface area contributed by atoms with Gasteiger partial charge in [0.1, 0.15) is 5.75 Å². The highest BCUT2D eigenvalue weighted by molar-refractivity contribution is 5.93. The molecule has 0 aliphatic carbocycles. The summed E-state index contributed by atoms with van der Waals surface area (Å²) >= 11 is 0. The van der Waals surface area contributed by atoms with Crippen molar-refractivity contribution in [2.45, 2.75) is 6.42 Å². The van der Waals surface area contributed by atoms with Crippen LogP contribution in [0.15, 0.2) is 30.3 Å². The number of methoxy groups -OCH3 is 1. The van der Waals surface area contributed by atoms with E-state index in [0.29, 0.717) is 22.1 Å². The van der Waals surface area contributed by atoms with Crippen molar-refractivity contribution >= 4 is 22.4 Å². The molecule has 6 heteroatoms. The lowest BCUT2D eigenvalue weighted by molar-refractivity contribution is -0.383. The number of ether oxygens (including phenoxy) is 1. The van der Waals surface area contributed by atoms with E-state index in [1.807, 2.05) is 0 Å². The fourth-order valence-corrected chi connectivity index (χ4v) is 2.01. The molecular weight excluding hydrogens is 248 g/mol. The molecule has 0 aliphatic heterocycles. The van der Waals surface area contributed by atoms with Crippen LogP contribution in [0.25, 0.3) is 10.8 Å². The number of benzene rings is 2. The number of primary amides is 1. The van der Waals surface area contributed by atoms with E-state index in [1.165, 1.54) is 13.2 Å². The van der Waals surface area contributed by atoms with E-state index in [0.717, 1.165) is 0 Å². The van der Waals surface area contributed by atoms with Gasteiger partial charge in [0.05, 0.1) is 23.8 Å². The highest BCUT2D eigenvalue weighted by Crippen LogP contribution is 2.31. The maximum atomic E-state index is 11.0. The Morgan fingerprint density at radius 2 is 2.16 bits per heavy atom. The van der Waals surface area contributed by atoms with Gasteiger partial charge in [-0.1, -0.05) is 12.1 Å². The van der Waals surface area contributed by atoms with E-state index >= 15 is 0 Å². The third-order valence-electron chi connectivity index (χ3n) is 2.82. The van der Waals surface area contributed by atoms with Crippen molar-refractivity contribution in [3.8, 4) is 5.75 Å². The number of nitro groups is 1. The van der Waals surface area contributed by atoms with Crippen LogP contribution in [-0.2, 0) is 11.2 Å². The summed E-state index contributed by atoms with van der Waals surface area (Å²) in [4.78, 5) is 21.6.